The van der Waals surface area contributed by atoms with Crippen LogP contribution >= 0.6 is 0 Å². The van der Waals surface area contributed by atoms with E-state index in [2.05, 4.69) is 10.3 Å². The van der Waals surface area contributed by atoms with Crippen LogP contribution in [0.2, 0.25) is 0 Å². The first-order chi connectivity index (χ1) is 9.86. The van der Waals surface area contributed by atoms with E-state index in [1.54, 1.807) is 6.92 Å². The van der Waals surface area contributed by atoms with E-state index in [1.807, 2.05) is 0 Å². The van der Waals surface area contributed by atoms with Crippen LogP contribution in [-0.2, 0) is 16.1 Å². The highest BCUT2D eigenvalue weighted by molar-refractivity contribution is 5.76. The summed E-state index contributed by atoms with van der Waals surface area (Å²) in [7, 11) is 0. The summed E-state index contributed by atoms with van der Waals surface area (Å²) in [6, 6.07) is -0.155. The van der Waals surface area contributed by atoms with Crippen LogP contribution in [0.15, 0.2) is 6.20 Å². The largest absolute Gasteiger partial charge is 0.481 e. The lowest BCUT2D eigenvalue weighted by Gasteiger charge is -2.12. The van der Waals surface area contributed by atoms with E-state index in [9.17, 15) is 19.7 Å². The number of imidazole rings is 1. The fourth-order valence-corrected chi connectivity index (χ4v) is 2.50. The minimum Gasteiger partial charge on any atom is -0.481 e. The molecule has 0 aromatic carbocycles. The zero-order chi connectivity index (χ0) is 15.6. The first-order valence-corrected chi connectivity index (χ1v) is 6.57. The number of carbonyl (C=O) groups is 2. The lowest BCUT2D eigenvalue weighted by atomic mass is 10.1. The molecule has 0 saturated heterocycles. The highest BCUT2D eigenvalue weighted by atomic mass is 16.6. The lowest BCUT2D eigenvalue weighted by Crippen LogP contribution is -2.35. The highest BCUT2D eigenvalue weighted by Gasteiger charge is 2.30. The Balaban J connectivity index is 1.91. The molecule has 0 radical (unpaired) electrons. The average Bonchev–Trinajstić information content (AvgIpc) is 2.97. The van der Waals surface area contributed by atoms with Gasteiger partial charge in [-0.05, 0) is 29.2 Å². The number of carboxylic acids is 1. The number of aliphatic carboxylic acids is 1. The van der Waals surface area contributed by atoms with Gasteiger partial charge in [-0.1, -0.05) is 0 Å². The molecule has 21 heavy (non-hydrogen) atoms. The number of nitrogens with one attached hydrogen (secondary N) is 1. The Morgan fingerprint density at radius 2 is 2.29 bits per heavy atom. The predicted octanol–water partition coefficient (Wildman–Crippen LogP) is 0.469. The van der Waals surface area contributed by atoms with Crippen LogP contribution in [0.1, 0.15) is 25.1 Å². The maximum absolute atomic E-state index is 11.9. The van der Waals surface area contributed by atoms with Crippen LogP contribution in [0.5, 0.6) is 0 Å². The molecular formula is C12H16N4O5. The smallest absolute Gasteiger partial charge is 0.381 e. The number of carboxylic acid groups (broad SMARTS) is 1. The van der Waals surface area contributed by atoms with Crippen molar-refractivity contribution in [1.29, 1.82) is 0 Å². The molecule has 9 nitrogen and oxygen atoms in total. The summed E-state index contributed by atoms with van der Waals surface area (Å²) in [5.41, 5.74) is 0. The van der Waals surface area contributed by atoms with Gasteiger partial charge in [0.05, 0.1) is 5.92 Å². The van der Waals surface area contributed by atoms with Gasteiger partial charge in [0.2, 0.25) is 11.7 Å². The fourth-order valence-electron chi connectivity index (χ4n) is 2.50. The Kier molecular flexibility index (Phi) is 4.20. The topological polar surface area (TPSA) is 127 Å². The summed E-state index contributed by atoms with van der Waals surface area (Å²) in [6.45, 7) is 1.51. The van der Waals surface area contributed by atoms with Gasteiger partial charge in [0, 0.05) is 13.0 Å². The minimum atomic E-state index is -0.840. The molecule has 2 atom stereocenters. The van der Waals surface area contributed by atoms with E-state index in [0.717, 1.165) is 0 Å². The predicted molar refractivity (Wildman–Crippen MR) is 70.5 cm³/mol. The number of nitro groups is 1. The van der Waals surface area contributed by atoms with Crippen molar-refractivity contribution in [3.05, 3.63) is 22.1 Å². The molecule has 2 rings (SSSR count). The molecule has 0 spiro atoms. The van der Waals surface area contributed by atoms with E-state index in [0.29, 0.717) is 25.1 Å². The van der Waals surface area contributed by atoms with Gasteiger partial charge in [-0.3, -0.25) is 14.2 Å². The second-order valence-corrected chi connectivity index (χ2v) is 5.14. The Labute approximate surface area is 120 Å². The van der Waals surface area contributed by atoms with Crippen molar-refractivity contribution in [2.45, 2.75) is 38.8 Å². The third kappa shape index (κ3) is 3.56. The van der Waals surface area contributed by atoms with E-state index >= 15 is 0 Å². The maximum Gasteiger partial charge on any atom is 0.381 e. The van der Waals surface area contributed by atoms with Crippen molar-refractivity contribution < 1.29 is 19.6 Å². The normalized spacial score (nSPS) is 21.2. The van der Waals surface area contributed by atoms with Gasteiger partial charge >= 0.3 is 11.8 Å². The first kappa shape index (κ1) is 14.9. The molecule has 0 unspecified atom stereocenters. The summed E-state index contributed by atoms with van der Waals surface area (Å²) >= 11 is 0. The van der Waals surface area contributed by atoms with Crippen molar-refractivity contribution in [3.63, 3.8) is 0 Å². The van der Waals surface area contributed by atoms with Crippen LogP contribution in [-0.4, -0.2) is 37.5 Å². The molecule has 1 amide bonds. The molecule has 1 heterocycles. The van der Waals surface area contributed by atoms with Crippen LogP contribution in [0, 0.1) is 23.0 Å². The van der Waals surface area contributed by atoms with Crippen molar-refractivity contribution in [1.82, 2.24) is 14.9 Å². The molecule has 1 aliphatic carbocycles. The number of rotatable bonds is 5. The molecule has 1 aliphatic rings. The van der Waals surface area contributed by atoms with Gasteiger partial charge in [-0.15, -0.1) is 0 Å². The molecule has 1 saturated carbocycles. The molecule has 0 aliphatic heterocycles. The Hall–Kier alpha value is -2.45. The van der Waals surface area contributed by atoms with Crippen LogP contribution < -0.4 is 5.32 Å². The monoisotopic (exact) mass is 296 g/mol. The van der Waals surface area contributed by atoms with Crippen molar-refractivity contribution in [2.75, 3.05) is 0 Å². The molecule has 0 bridgehead atoms. The molecular weight excluding hydrogens is 280 g/mol. The van der Waals surface area contributed by atoms with Crippen molar-refractivity contribution >= 4 is 17.7 Å². The number of amides is 1. The highest BCUT2D eigenvalue weighted by Crippen LogP contribution is 2.25. The molecule has 9 heteroatoms. The fraction of sp³-hybridized carbons (Fsp3) is 0.583. The maximum atomic E-state index is 11.9. The summed E-state index contributed by atoms with van der Waals surface area (Å²) in [4.78, 5) is 36.5. The van der Waals surface area contributed by atoms with Gasteiger partial charge in [-0.2, -0.15) is 0 Å². The Bertz CT molecular complexity index is 582. The van der Waals surface area contributed by atoms with Crippen molar-refractivity contribution in [3.8, 4) is 0 Å². The van der Waals surface area contributed by atoms with E-state index in [4.69, 9.17) is 5.11 Å². The van der Waals surface area contributed by atoms with Gasteiger partial charge < -0.3 is 20.5 Å². The van der Waals surface area contributed by atoms with E-state index in [-0.39, 0.29) is 24.3 Å². The van der Waals surface area contributed by atoms with Gasteiger partial charge in [0.1, 0.15) is 12.7 Å². The molecule has 1 aromatic rings. The van der Waals surface area contributed by atoms with Gasteiger partial charge in [0.15, 0.2) is 0 Å². The summed E-state index contributed by atoms with van der Waals surface area (Å²) < 4.78 is 1.40. The van der Waals surface area contributed by atoms with E-state index < -0.39 is 16.8 Å². The zero-order valence-corrected chi connectivity index (χ0v) is 11.5. The Morgan fingerprint density at radius 3 is 2.81 bits per heavy atom. The van der Waals surface area contributed by atoms with E-state index in [1.165, 1.54) is 10.8 Å². The lowest BCUT2D eigenvalue weighted by molar-refractivity contribution is -0.389. The summed E-state index contributed by atoms with van der Waals surface area (Å²) in [5.74, 6) is -1.47. The SMILES string of the molecule is Cc1nc([N+](=O)[O-])cn1CC(=O)N[C@H]1CC[C@@H](C(=O)O)C1. The molecule has 1 fully saturated rings. The average molecular weight is 296 g/mol. The summed E-state index contributed by atoms with van der Waals surface area (Å²) in [6.07, 6.45) is 2.81. The quantitative estimate of drug-likeness (QED) is 0.600. The standard InChI is InChI=1S/C12H16N4O5/c1-7-13-10(16(20)21)5-15(7)6-11(17)14-9-3-2-8(4-9)12(18)19/h5,8-9H,2-4,6H2,1H3,(H,14,17)(H,18,19)/t8-,9+/m1/s1. The molecule has 1 aromatic heterocycles. The Morgan fingerprint density at radius 1 is 1.57 bits per heavy atom. The third-order valence-corrected chi connectivity index (χ3v) is 3.61. The number of nitrogens with zero attached hydrogens (tertiary/aromatic N) is 3. The molecule has 114 valence electrons. The second-order valence-electron chi connectivity index (χ2n) is 5.14. The van der Waals surface area contributed by atoms with Crippen LogP contribution in [0.25, 0.3) is 0 Å². The number of hydrogen-bond donors (Lipinski definition) is 2. The number of aromatic nitrogens is 2. The summed E-state index contributed by atoms with van der Waals surface area (Å²) in [5, 5.41) is 22.3. The molecule has 2 N–H and O–H groups in total. The first-order valence-electron chi connectivity index (χ1n) is 6.57. The van der Waals surface area contributed by atoms with Crippen molar-refractivity contribution in [2.24, 2.45) is 5.92 Å². The number of carbonyl (C=O) groups excluding carboxylic acids is 1. The van der Waals surface area contributed by atoms with Gasteiger partial charge in [0.25, 0.3) is 0 Å². The van der Waals surface area contributed by atoms with Crippen LogP contribution in [0.4, 0.5) is 5.82 Å². The number of aryl methyl sites for hydroxylation is 1. The van der Waals surface area contributed by atoms with Crippen LogP contribution in [0.3, 0.4) is 0 Å². The zero-order valence-electron chi connectivity index (χ0n) is 11.5. The minimum absolute atomic E-state index is 0.0685. The van der Waals surface area contributed by atoms with Gasteiger partial charge in [-0.25, -0.2) is 0 Å². The third-order valence-electron chi connectivity index (χ3n) is 3.61. The number of hydrogen-bond acceptors (Lipinski definition) is 5. The second kappa shape index (κ2) is 5.90.